The van der Waals surface area contributed by atoms with Crippen molar-refractivity contribution >= 4 is 138 Å². The highest BCUT2D eigenvalue weighted by molar-refractivity contribution is 7.80. The van der Waals surface area contributed by atoms with Crippen molar-refractivity contribution in [1.29, 1.82) is 0 Å². The molecule has 1 aliphatic heterocycles. The Bertz CT molecular complexity index is 2810. The van der Waals surface area contributed by atoms with E-state index in [1.165, 1.54) is 13.8 Å². The van der Waals surface area contributed by atoms with Crippen molar-refractivity contribution in [3.63, 3.8) is 0 Å². The van der Waals surface area contributed by atoms with Gasteiger partial charge in [-0.1, -0.05) is 13.8 Å². The van der Waals surface area contributed by atoms with E-state index in [1.807, 2.05) is 0 Å². The zero-order valence-corrected chi connectivity index (χ0v) is 51.6. The van der Waals surface area contributed by atoms with Crippen LogP contribution in [-0.2, 0) is 84.3 Å². The number of hydrogen-bond acceptors (Lipinski definition) is 29. The molecule has 22 N–H and O–H groups in total. The van der Waals surface area contributed by atoms with Gasteiger partial charge in [-0.25, -0.2) is 28.6 Å². The average Bonchev–Trinajstić information content (AvgIpc) is 1.79. The second kappa shape index (κ2) is 38.1. The van der Waals surface area contributed by atoms with Gasteiger partial charge in [0.15, 0.2) is 17.7 Å². The number of aliphatic carboxylic acids is 4. The summed E-state index contributed by atoms with van der Waals surface area (Å²) in [5, 5.41) is 68.8. The van der Waals surface area contributed by atoms with Gasteiger partial charge in [-0.05, 0) is 12.8 Å². The lowest BCUT2D eigenvalue weighted by Gasteiger charge is -2.30. The van der Waals surface area contributed by atoms with Crippen molar-refractivity contribution in [2.75, 3.05) is 62.4 Å². The molecule has 1 aliphatic rings. The van der Waals surface area contributed by atoms with Gasteiger partial charge in [-0.15, -0.1) is 0 Å². The van der Waals surface area contributed by atoms with E-state index in [9.17, 15) is 91.4 Å². The number of carboxylic acids is 4. The van der Waals surface area contributed by atoms with Crippen molar-refractivity contribution in [3.8, 4) is 0 Å². The fourth-order valence-corrected chi connectivity index (χ4v) is 9.90. The third kappa shape index (κ3) is 30.2. The lowest BCUT2D eigenvalue weighted by Crippen LogP contribution is -2.49. The summed E-state index contributed by atoms with van der Waals surface area (Å²) in [5.41, 5.74) is 14.8. The van der Waals surface area contributed by atoms with Crippen LogP contribution in [0.4, 0.5) is 5.82 Å². The minimum Gasteiger partial charge on any atom is -0.480 e. The molecule has 3 heterocycles. The van der Waals surface area contributed by atoms with Gasteiger partial charge < -0.3 is 104 Å². The van der Waals surface area contributed by atoms with E-state index in [4.69, 9.17) is 51.4 Å². The molecular formula is C41H70N13O28P3S3. The molecule has 0 saturated carbocycles. The van der Waals surface area contributed by atoms with E-state index in [0.29, 0.717) is 12.3 Å². The number of imidazole rings is 1. The molecule has 6 amide bonds. The predicted molar refractivity (Wildman–Crippen MR) is 306 cm³/mol. The predicted octanol–water partition coefficient (Wildman–Crippen LogP) is -6.08. The maximum atomic E-state index is 12.6. The minimum absolute atomic E-state index is 0.0256. The van der Waals surface area contributed by atoms with Crippen LogP contribution in [0.2, 0.25) is 0 Å². The lowest BCUT2D eigenvalue weighted by molar-refractivity contribution is -0.140. The number of phosphoric ester groups is 3. The van der Waals surface area contributed by atoms with Crippen LogP contribution in [0.25, 0.3) is 11.2 Å². The number of ether oxygens (including phenoxy) is 1. The molecule has 2 unspecified atom stereocenters. The molecule has 3 rings (SSSR count). The van der Waals surface area contributed by atoms with Crippen molar-refractivity contribution in [2.24, 2.45) is 16.9 Å². The van der Waals surface area contributed by atoms with Crippen LogP contribution in [0.1, 0.15) is 52.2 Å². The number of amides is 6. The van der Waals surface area contributed by atoms with Gasteiger partial charge in [0, 0.05) is 55.0 Å². The van der Waals surface area contributed by atoms with Crippen LogP contribution in [0.15, 0.2) is 12.7 Å². The summed E-state index contributed by atoms with van der Waals surface area (Å²) in [6, 6.07) is -4.30. The van der Waals surface area contributed by atoms with Crippen molar-refractivity contribution in [2.45, 2.75) is 101 Å². The number of aromatic nitrogens is 4. The first-order valence-electron chi connectivity index (χ1n) is 25.0. The summed E-state index contributed by atoms with van der Waals surface area (Å²) in [6.45, 7) is -0.410. The molecule has 0 bridgehead atoms. The van der Waals surface area contributed by atoms with Crippen molar-refractivity contribution in [1.82, 2.24) is 51.4 Å². The summed E-state index contributed by atoms with van der Waals surface area (Å²) in [5.74, 6) is -8.35. The van der Waals surface area contributed by atoms with E-state index in [0.717, 1.165) is 17.2 Å². The van der Waals surface area contributed by atoms with Crippen LogP contribution < -0.4 is 49.1 Å². The number of nitrogens with one attached hydrogen (secondary N) is 6. The van der Waals surface area contributed by atoms with E-state index >= 15 is 0 Å². The largest absolute Gasteiger partial charge is 0.481 e. The Morgan fingerprint density at radius 1 is 0.716 bits per heavy atom. The van der Waals surface area contributed by atoms with E-state index in [1.54, 1.807) is 0 Å². The fraction of sp³-hybridized carbons (Fsp3) is 0.634. The quantitative estimate of drug-likeness (QED) is 0.0223. The SMILES string of the molecule is CC(C)(COP(=O)(O)OP(=O)(O)OC[C@H]1O[C@@H](n2cnc3c(N)ncnc32)[C@H](O)[C@@H]1OP(=O)(O)O)[C@@H](O)C(=O)NCCC(=O)NCCS.N[C@@H](CCC(=O)N[C@@H](CS)C(=O)NCC(=O)O)C(=O)O.N[C@@H](CCC(=O)N[C@@H](CS)C(=O)NCC(=O)O)C(=O)O. The molecule has 0 radical (unpaired) electrons. The lowest BCUT2D eigenvalue weighted by atomic mass is 9.87. The highest BCUT2D eigenvalue weighted by atomic mass is 32.1. The highest BCUT2D eigenvalue weighted by Crippen LogP contribution is 2.61. The molecule has 11 atom stereocenters. The Labute approximate surface area is 514 Å². The van der Waals surface area contributed by atoms with Crippen LogP contribution in [-0.4, -0.2) is 234 Å². The highest BCUT2D eigenvalue weighted by Gasteiger charge is 2.50. The molecular weight excluding hydrogens is 1310 g/mol. The van der Waals surface area contributed by atoms with Gasteiger partial charge in [0.1, 0.15) is 73.5 Å². The second-order valence-corrected chi connectivity index (χ2v) is 24.0. The van der Waals surface area contributed by atoms with Crippen LogP contribution >= 0.6 is 61.4 Å². The normalized spacial score (nSPS) is 18.7. The summed E-state index contributed by atoms with van der Waals surface area (Å²) >= 11 is 11.7. The smallest absolute Gasteiger partial charge is 0.480 e. The standard InChI is InChI=1S/C21H36N7O16P3S.2C10H17N3O6S/c1-21(2,16(31)19(32)24-4-3-12(29)23-5-6-48)8-41-47(38,39)44-46(36,37)40-7-11-15(43-45(33,34)35)14(30)20(42-11)28-10-27-13-17(22)25-9-26-18(13)28;2*11-5(10(18)19)1-2-7(14)13-6(4-20)9(17)12-3-8(15)16/h9-11,14-16,20,30-31,48H,3-8H2,1-2H3,(H,23,29)(H,24,32)(H,36,37)(H,38,39)(H2,22,25,26)(H2,33,34,35);2*5-6,20H,1-4,11H2,(H,12,17)(H,13,14)(H,15,16)(H,18,19)/t11-,14-,15-,16+,20-;2*5-,6-/m100/s1. The Morgan fingerprint density at radius 3 is 1.67 bits per heavy atom. The number of carbonyl (C=O) groups is 10. The number of fused-ring (bicyclic) bond motifs is 1. The number of aliphatic hydroxyl groups excluding tert-OH is 2. The maximum absolute atomic E-state index is 12.6. The zero-order chi connectivity index (χ0) is 67.5. The third-order valence-corrected chi connectivity index (χ3v) is 15.1. The Balaban J connectivity index is 0.000000796. The van der Waals surface area contributed by atoms with Crippen LogP contribution in [0.5, 0.6) is 0 Å². The molecule has 500 valence electrons. The summed E-state index contributed by atoms with van der Waals surface area (Å²) in [6.07, 6.45) is -7.21. The number of thiol groups is 3. The molecule has 0 aliphatic carbocycles. The number of phosphoric acid groups is 3. The number of rotatable bonds is 36. The third-order valence-electron chi connectivity index (χ3n) is 11.0. The van der Waals surface area contributed by atoms with Crippen molar-refractivity contribution in [3.05, 3.63) is 12.7 Å². The van der Waals surface area contributed by atoms with Crippen LogP contribution in [0, 0.1) is 5.41 Å². The number of hydrogen-bond donors (Lipinski definition) is 22. The molecule has 0 aromatic carbocycles. The van der Waals surface area contributed by atoms with Gasteiger partial charge in [0.05, 0.1) is 19.5 Å². The van der Waals surface area contributed by atoms with Gasteiger partial charge in [0.2, 0.25) is 35.4 Å². The second-order valence-electron chi connectivity index (χ2n) is 18.6. The van der Waals surface area contributed by atoms with E-state index in [2.05, 4.69) is 93.6 Å². The summed E-state index contributed by atoms with van der Waals surface area (Å²) < 4.78 is 61.7. The van der Waals surface area contributed by atoms with Gasteiger partial charge in [0.25, 0.3) is 0 Å². The number of nitrogens with zero attached hydrogens (tertiary/aromatic N) is 4. The van der Waals surface area contributed by atoms with E-state index in [-0.39, 0.29) is 73.0 Å². The number of nitrogen functional groups attached to an aromatic ring is 1. The molecule has 41 nitrogen and oxygen atoms in total. The summed E-state index contributed by atoms with van der Waals surface area (Å²) in [4.78, 5) is 162. The fourth-order valence-electron chi connectivity index (χ4n) is 6.45. The molecule has 2 aromatic rings. The number of carboxylic acid groups (broad SMARTS) is 4. The van der Waals surface area contributed by atoms with Gasteiger partial charge >= 0.3 is 47.3 Å². The van der Waals surface area contributed by atoms with E-state index < -0.39 is 163 Å². The Hall–Kier alpha value is -5.73. The van der Waals surface area contributed by atoms with Gasteiger partial charge in [-0.3, -0.25) is 66.1 Å². The Morgan fingerprint density at radius 2 is 1.22 bits per heavy atom. The minimum atomic E-state index is -5.54. The van der Waals surface area contributed by atoms with Gasteiger partial charge in [-0.2, -0.15) is 42.2 Å². The van der Waals surface area contributed by atoms with Crippen molar-refractivity contribution < 1.29 is 134 Å². The summed E-state index contributed by atoms with van der Waals surface area (Å²) in [7, 11) is -16.3. The number of nitrogens with two attached hydrogens (primary N) is 3. The molecule has 1 saturated heterocycles. The Kier molecular flexibility index (Phi) is 34.7. The number of aliphatic hydroxyl groups is 2. The average molecular weight is 1380 g/mol. The number of carbonyl (C=O) groups excluding carboxylic acids is 6. The molecule has 47 heteroatoms. The first-order chi connectivity index (χ1) is 40.7. The molecule has 1 fully saturated rings. The molecule has 2 aromatic heterocycles. The molecule has 0 spiro atoms. The topological polar surface area (TPSA) is 664 Å². The zero-order valence-electron chi connectivity index (χ0n) is 46.3. The monoisotopic (exact) mass is 1380 g/mol. The number of anilines is 1. The first kappa shape index (κ1) is 80.3. The maximum Gasteiger partial charge on any atom is 0.481 e. The van der Waals surface area contributed by atoms with Crippen LogP contribution in [0.3, 0.4) is 0 Å². The molecule has 88 heavy (non-hydrogen) atoms. The first-order valence-corrected chi connectivity index (χ1v) is 31.4.